The van der Waals surface area contributed by atoms with Crippen LogP contribution in [0.25, 0.3) is 11.4 Å². The lowest BCUT2D eigenvalue weighted by Crippen LogP contribution is -2.41. The zero-order chi connectivity index (χ0) is 16.5. The van der Waals surface area contributed by atoms with Gasteiger partial charge in [-0.25, -0.2) is 0 Å². The summed E-state index contributed by atoms with van der Waals surface area (Å²) >= 11 is 0. The smallest absolute Gasteiger partial charge is 0.226 e. The summed E-state index contributed by atoms with van der Waals surface area (Å²) in [5.74, 6) is 3.08. The van der Waals surface area contributed by atoms with Crippen LogP contribution in [-0.4, -0.2) is 39.2 Å². The molecule has 0 spiro atoms. The number of nitrogens with zero attached hydrogens (tertiary/aromatic N) is 4. The van der Waals surface area contributed by atoms with Gasteiger partial charge in [-0.2, -0.15) is 0 Å². The molecule has 1 aliphatic heterocycles. The van der Waals surface area contributed by atoms with E-state index >= 15 is 0 Å². The van der Waals surface area contributed by atoms with Gasteiger partial charge in [0.2, 0.25) is 5.91 Å². The van der Waals surface area contributed by atoms with Crippen molar-refractivity contribution in [3.05, 3.63) is 30.1 Å². The van der Waals surface area contributed by atoms with Crippen molar-refractivity contribution in [2.75, 3.05) is 13.7 Å². The zero-order valence-electron chi connectivity index (χ0n) is 13.9. The van der Waals surface area contributed by atoms with Crippen molar-refractivity contribution in [1.29, 1.82) is 0 Å². The first kappa shape index (κ1) is 15.2. The van der Waals surface area contributed by atoms with E-state index in [4.69, 9.17) is 4.74 Å². The van der Waals surface area contributed by atoms with Crippen molar-refractivity contribution in [3.8, 4) is 17.1 Å². The van der Waals surface area contributed by atoms with E-state index in [0.717, 1.165) is 48.9 Å². The first-order valence-electron chi connectivity index (χ1n) is 8.61. The molecule has 0 unspecified atom stereocenters. The lowest BCUT2D eigenvalue weighted by atomic mass is 10.1. The molecule has 1 aromatic heterocycles. The van der Waals surface area contributed by atoms with Gasteiger partial charge in [0.25, 0.3) is 0 Å². The summed E-state index contributed by atoms with van der Waals surface area (Å²) in [4.78, 5) is 14.6. The first-order valence-corrected chi connectivity index (χ1v) is 8.61. The Morgan fingerprint density at radius 3 is 2.58 bits per heavy atom. The van der Waals surface area contributed by atoms with Gasteiger partial charge in [-0.05, 0) is 37.1 Å². The van der Waals surface area contributed by atoms with Gasteiger partial charge in [-0.3, -0.25) is 4.79 Å². The summed E-state index contributed by atoms with van der Waals surface area (Å²) < 4.78 is 7.33. The third-order valence-corrected chi connectivity index (χ3v) is 5.12. The number of aromatic nitrogens is 3. The Morgan fingerprint density at radius 2 is 1.88 bits per heavy atom. The Morgan fingerprint density at radius 1 is 1.12 bits per heavy atom. The van der Waals surface area contributed by atoms with Crippen molar-refractivity contribution in [2.24, 2.45) is 5.92 Å². The number of hydrogen-bond acceptors (Lipinski definition) is 4. The highest BCUT2D eigenvalue weighted by atomic mass is 16.5. The minimum atomic E-state index is 0.223. The predicted molar refractivity (Wildman–Crippen MR) is 89.4 cm³/mol. The van der Waals surface area contributed by atoms with Crippen molar-refractivity contribution < 1.29 is 9.53 Å². The Bertz CT molecular complexity index is 732. The molecule has 0 radical (unpaired) electrons. The van der Waals surface area contributed by atoms with Gasteiger partial charge in [0.1, 0.15) is 5.75 Å². The van der Waals surface area contributed by atoms with Gasteiger partial charge in [0.05, 0.1) is 13.7 Å². The molecule has 6 heteroatoms. The Hall–Kier alpha value is -2.37. The Labute approximate surface area is 141 Å². The molecule has 0 saturated heterocycles. The quantitative estimate of drug-likeness (QED) is 0.869. The van der Waals surface area contributed by atoms with Crippen molar-refractivity contribution in [3.63, 3.8) is 0 Å². The second-order valence-electron chi connectivity index (χ2n) is 6.56. The van der Waals surface area contributed by atoms with Crippen molar-refractivity contribution in [2.45, 2.75) is 38.8 Å². The van der Waals surface area contributed by atoms with Crippen LogP contribution in [0, 0.1) is 5.92 Å². The highest BCUT2D eigenvalue weighted by Gasteiger charge is 2.31. The van der Waals surface area contributed by atoms with E-state index in [1.165, 1.54) is 12.8 Å². The molecule has 2 aliphatic rings. The molecule has 0 N–H and O–H groups in total. The van der Waals surface area contributed by atoms with Gasteiger partial charge < -0.3 is 14.2 Å². The fourth-order valence-electron chi connectivity index (χ4n) is 3.73. The number of amides is 1. The van der Waals surface area contributed by atoms with Gasteiger partial charge in [0.15, 0.2) is 11.6 Å². The molecule has 2 aromatic rings. The Balaban J connectivity index is 1.53. The SMILES string of the molecule is COc1ccc(-c2nnc3n2CCN(C(=O)C2CCCC2)C3)cc1. The van der Waals surface area contributed by atoms with Crippen LogP contribution < -0.4 is 4.74 Å². The summed E-state index contributed by atoms with van der Waals surface area (Å²) in [6.45, 7) is 2.06. The molecule has 1 aromatic carbocycles. The molecule has 6 nitrogen and oxygen atoms in total. The molecule has 126 valence electrons. The maximum Gasteiger partial charge on any atom is 0.226 e. The third-order valence-electron chi connectivity index (χ3n) is 5.12. The molecule has 1 fully saturated rings. The van der Waals surface area contributed by atoms with E-state index in [2.05, 4.69) is 14.8 Å². The van der Waals surface area contributed by atoms with Crippen LogP contribution in [0.1, 0.15) is 31.5 Å². The maximum atomic E-state index is 12.6. The third kappa shape index (κ3) is 2.66. The Kier molecular flexibility index (Phi) is 3.96. The largest absolute Gasteiger partial charge is 0.497 e. The van der Waals surface area contributed by atoms with Crippen LogP contribution in [0.5, 0.6) is 5.75 Å². The van der Waals surface area contributed by atoms with E-state index in [1.807, 2.05) is 29.2 Å². The molecule has 1 aliphatic carbocycles. The highest BCUT2D eigenvalue weighted by Crippen LogP contribution is 2.29. The molecule has 2 heterocycles. The molecule has 4 rings (SSSR count). The first-order chi connectivity index (χ1) is 11.8. The minimum absolute atomic E-state index is 0.223. The monoisotopic (exact) mass is 326 g/mol. The number of benzene rings is 1. The molecule has 0 atom stereocenters. The van der Waals surface area contributed by atoms with Gasteiger partial charge in [-0.1, -0.05) is 12.8 Å². The van der Waals surface area contributed by atoms with Crippen LogP contribution in [0.3, 0.4) is 0 Å². The number of carbonyl (C=O) groups excluding carboxylic acids is 1. The fraction of sp³-hybridized carbons (Fsp3) is 0.500. The van der Waals surface area contributed by atoms with Crippen LogP contribution in [0.4, 0.5) is 0 Å². The average Bonchev–Trinajstić information content (AvgIpc) is 3.30. The van der Waals surface area contributed by atoms with Crippen LogP contribution in [-0.2, 0) is 17.9 Å². The number of fused-ring (bicyclic) bond motifs is 1. The predicted octanol–water partition coefficient (Wildman–Crippen LogP) is 2.49. The van der Waals surface area contributed by atoms with E-state index in [0.29, 0.717) is 12.5 Å². The zero-order valence-corrected chi connectivity index (χ0v) is 13.9. The van der Waals surface area contributed by atoms with E-state index in [9.17, 15) is 4.79 Å². The van der Waals surface area contributed by atoms with Crippen LogP contribution in [0.15, 0.2) is 24.3 Å². The lowest BCUT2D eigenvalue weighted by Gasteiger charge is -2.30. The summed E-state index contributed by atoms with van der Waals surface area (Å²) in [6, 6.07) is 7.84. The second-order valence-corrected chi connectivity index (χ2v) is 6.56. The number of rotatable bonds is 3. The van der Waals surface area contributed by atoms with Crippen molar-refractivity contribution in [1.82, 2.24) is 19.7 Å². The normalized spacial score (nSPS) is 17.8. The van der Waals surface area contributed by atoms with Gasteiger partial charge >= 0.3 is 0 Å². The fourth-order valence-corrected chi connectivity index (χ4v) is 3.73. The number of ether oxygens (including phenoxy) is 1. The number of carbonyl (C=O) groups is 1. The van der Waals surface area contributed by atoms with Gasteiger partial charge in [-0.15, -0.1) is 10.2 Å². The van der Waals surface area contributed by atoms with Gasteiger partial charge in [0, 0.05) is 24.6 Å². The number of methoxy groups -OCH3 is 1. The molecular formula is C18H22N4O2. The summed E-state index contributed by atoms with van der Waals surface area (Å²) in [6.07, 6.45) is 4.45. The molecule has 1 saturated carbocycles. The minimum Gasteiger partial charge on any atom is -0.497 e. The van der Waals surface area contributed by atoms with Crippen LogP contribution >= 0.6 is 0 Å². The maximum absolute atomic E-state index is 12.6. The summed E-state index contributed by atoms with van der Waals surface area (Å²) in [5.41, 5.74) is 1.02. The lowest BCUT2D eigenvalue weighted by molar-refractivity contribution is -0.136. The molecule has 24 heavy (non-hydrogen) atoms. The van der Waals surface area contributed by atoms with Crippen molar-refractivity contribution >= 4 is 5.91 Å². The molecule has 1 amide bonds. The topological polar surface area (TPSA) is 60.3 Å². The highest BCUT2D eigenvalue weighted by molar-refractivity contribution is 5.79. The molecular weight excluding hydrogens is 304 g/mol. The standard InChI is InChI=1S/C18H22N4O2/c1-24-15-8-6-13(7-9-15)17-20-19-16-12-21(10-11-22(16)17)18(23)14-4-2-3-5-14/h6-9,14H,2-5,10-12H2,1H3. The van der Waals surface area contributed by atoms with E-state index in [-0.39, 0.29) is 5.92 Å². The molecule has 0 bridgehead atoms. The average molecular weight is 326 g/mol. The number of hydrogen-bond donors (Lipinski definition) is 0. The second kappa shape index (κ2) is 6.26. The van der Waals surface area contributed by atoms with E-state index < -0.39 is 0 Å². The summed E-state index contributed by atoms with van der Waals surface area (Å²) in [7, 11) is 1.66. The van der Waals surface area contributed by atoms with E-state index in [1.54, 1.807) is 7.11 Å². The summed E-state index contributed by atoms with van der Waals surface area (Å²) in [5, 5.41) is 8.67. The van der Waals surface area contributed by atoms with Crippen LogP contribution in [0.2, 0.25) is 0 Å².